The summed E-state index contributed by atoms with van der Waals surface area (Å²) in [6.07, 6.45) is 7.11. The van der Waals surface area contributed by atoms with Crippen LogP contribution in [0.2, 0.25) is 0 Å². The van der Waals surface area contributed by atoms with Crippen LogP contribution in [0.5, 0.6) is 11.5 Å². The quantitative estimate of drug-likeness (QED) is 0.341. The third kappa shape index (κ3) is 5.40. The molecule has 156 valence electrons. The number of hydrogen-bond donors (Lipinski definition) is 4. The van der Waals surface area contributed by atoms with Gasteiger partial charge in [-0.15, -0.1) is 0 Å². The maximum Gasteiger partial charge on any atom is 0.339 e. The van der Waals surface area contributed by atoms with Gasteiger partial charge in [0, 0.05) is 4.47 Å². The lowest BCUT2D eigenvalue weighted by atomic mass is 10.1. The van der Waals surface area contributed by atoms with Crippen molar-refractivity contribution in [2.45, 2.75) is 0 Å². The monoisotopic (exact) mass is 480 g/mol. The number of halogens is 1. The lowest BCUT2D eigenvalue weighted by Crippen LogP contribution is -1.96. The second-order valence-corrected chi connectivity index (χ2v) is 7.47. The molecule has 0 aliphatic heterocycles. The number of aromatic carboxylic acids is 2. The van der Waals surface area contributed by atoms with Crippen LogP contribution in [-0.2, 0) is 0 Å². The summed E-state index contributed by atoms with van der Waals surface area (Å²) in [4.78, 5) is 22.3. The van der Waals surface area contributed by atoms with Crippen LogP contribution in [0.15, 0.2) is 59.1 Å². The van der Waals surface area contributed by atoms with Crippen molar-refractivity contribution in [2.24, 2.45) is 0 Å². The van der Waals surface area contributed by atoms with Crippen molar-refractivity contribution in [2.75, 3.05) is 0 Å². The van der Waals surface area contributed by atoms with Crippen LogP contribution >= 0.6 is 15.9 Å². The van der Waals surface area contributed by atoms with E-state index in [4.69, 9.17) is 10.2 Å². The normalized spacial score (nSPS) is 11.3. The summed E-state index contributed by atoms with van der Waals surface area (Å²) in [6, 6.07) is 14.3. The van der Waals surface area contributed by atoms with Crippen molar-refractivity contribution in [3.63, 3.8) is 0 Å². The summed E-state index contributed by atoms with van der Waals surface area (Å²) in [6.45, 7) is 0. The molecule has 3 aromatic carbocycles. The first-order valence-corrected chi connectivity index (χ1v) is 9.82. The third-order valence-corrected chi connectivity index (χ3v) is 5.14. The van der Waals surface area contributed by atoms with Gasteiger partial charge in [0.1, 0.15) is 22.6 Å². The first kappa shape index (κ1) is 21.9. The van der Waals surface area contributed by atoms with Crippen molar-refractivity contribution >= 4 is 52.2 Å². The number of phenols is 2. The molecule has 0 radical (unpaired) electrons. The Morgan fingerprint density at radius 1 is 0.645 bits per heavy atom. The lowest BCUT2D eigenvalue weighted by molar-refractivity contribution is 0.0682. The predicted molar refractivity (Wildman–Crippen MR) is 122 cm³/mol. The molecule has 4 N–H and O–H groups in total. The van der Waals surface area contributed by atoms with E-state index in [9.17, 15) is 19.8 Å². The Bertz CT molecular complexity index is 1230. The Morgan fingerprint density at radius 2 is 1.06 bits per heavy atom. The molecule has 0 fully saturated rings. The zero-order chi connectivity index (χ0) is 22.5. The molecule has 0 aliphatic rings. The number of hydrogen-bond acceptors (Lipinski definition) is 4. The Hall–Kier alpha value is -3.84. The number of benzene rings is 3. The summed E-state index contributed by atoms with van der Waals surface area (Å²) in [7, 11) is 0. The first-order valence-electron chi connectivity index (χ1n) is 9.03. The highest BCUT2D eigenvalue weighted by molar-refractivity contribution is 9.10. The third-order valence-electron chi connectivity index (χ3n) is 4.45. The number of carbonyl (C=O) groups is 2. The second kappa shape index (κ2) is 9.32. The van der Waals surface area contributed by atoms with Gasteiger partial charge in [0.2, 0.25) is 0 Å². The van der Waals surface area contributed by atoms with E-state index in [1.165, 1.54) is 24.3 Å². The van der Waals surface area contributed by atoms with Crippen LogP contribution in [0.3, 0.4) is 0 Å². The van der Waals surface area contributed by atoms with Crippen molar-refractivity contribution in [1.82, 2.24) is 0 Å². The van der Waals surface area contributed by atoms with Gasteiger partial charge in [0.25, 0.3) is 0 Å². The Morgan fingerprint density at radius 3 is 1.52 bits per heavy atom. The van der Waals surface area contributed by atoms with Gasteiger partial charge in [0.05, 0.1) is 0 Å². The number of carboxylic acids is 2. The predicted octanol–water partition coefficient (Wildman–Crippen LogP) is 5.60. The van der Waals surface area contributed by atoms with Gasteiger partial charge in [-0.1, -0.05) is 64.5 Å². The second-order valence-electron chi connectivity index (χ2n) is 6.61. The Balaban J connectivity index is 1.79. The highest BCUT2D eigenvalue weighted by Crippen LogP contribution is 2.25. The number of carboxylic acid groups (broad SMARTS) is 2. The molecule has 7 heteroatoms. The molecule has 3 rings (SSSR count). The van der Waals surface area contributed by atoms with Crippen LogP contribution in [0.4, 0.5) is 0 Å². The van der Waals surface area contributed by atoms with Crippen LogP contribution in [0.25, 0.3) is 24.3 Å². The topological polar surface area (TPSA) is 115 Å². The van der Waals surface area contributed by atoms with E-state index < -0.39 is 11.9 Å². The fourth-order valence-corrected chi connectivity index (χ4v) is 3.35. The van der Waals surface area contributed by atoms with Gasteiger partial charge in [0.15, 0.2) is 0 Å². The SMILES string of the molecule is O=C(O)c1cc(C=Cc2ccc(C=Cc3ccc(O)c(C(=O)O)c3)c(Br)c2)ccc1O. The van der Waals surface area contributed by atoms with Crippen molar-refractivity contribution in [3.05, 3.63) is 92.5 Å². The van der Waals surface area contributed by atoms with Crippen molar-refractivity contribution in [3.8, 4) is 11.5 Å². The molecule has 3 aromatic rings. The van der Waals surface area contributed by atoms with E-state index >= 15 is 0 Å². The summed E-state index contributed by atoms with van der Waals surface area (Å²) in [5.74, 6) is -2.97. The van der Waals surface area contributed by atoms with Gasteiger partial charge < -0.3 is 20.4 Å². The smallest absolute Gasteiger partial charge is 0.339 e. The van der Waals surface area contributed by atoms with E-state index in [-0.39, 0.29) is 22.6 Å². The van der Waals surface area contributed by atoms with Gasteiger partial charge in [-0.25, -0.2) is 9.59 Å². The van der Waals surface area contributed by atoms with Crippen molar-refractivity contribution in [1.29, 1.82) is 0 Å². The van der Waals surface area contributed by atoms with Gasteiger partial charge in [-0.3, -0.25) is 0 Å². The fraction of sp³-hybridized carbons (Fsp3) is 0. The molecule has 6 nitrogen and oxygen atoms in total. The van der Waals surface area contributed by atoms with E-state index in [2.05, 4.69) is 15.9 Å². The molecule has 0 saturated heterocycles. The molecule has 0 aliphatic carbocycles. The molecule has 0 unspecified atom stereocenters. The maximum absolute atomic E-state index is 11.1. The Kier molecular flexibility index (Phi) is 6.57. The standard InChI is InChI=1S/C24H17BrO6/c25-20-13-16(2-1-14-5-9-21(26)18(11-14)23(28)29)4-8-17(20)7-3-15-6-10-22(27)19(12-15)24(30)31/h1-13,26-27H,(H,28,29)(H,30,31). The molecular weight excluding hydrogens is 464 g/mol. The highest BCUT2D eigenvalue weighted by Gasteiger charge is 2.10. The fourth-order valence-electron chi connectivity index (χ4n) is 2.82. The van der Waals surface area contributed by atoms with Gasteiger partial charge in [-0.2, -0.15) is 0 Å². The van der Waals surface area contributed by atoms with Gasteiger partial charge >= 0.3 is 11.9 Å². The molecule has 0 saturated carbocycles. The average molecular weight is 481 g/mol. The van der Waals surface area contributed by atoms with E-state index in [0.29, 0.717) is 11.1 Å². The average Bonchev–Trinajstić information content (AvgIpc) is 2.73. The highest BCUT2D eigenvalue weighted by atomic mass is 79.9. The lowest BCUT2D eigenvalue weighted by Gasteiger charge is -2.03. The summed E-state index contributed by atoms with van der Waals surface area (Å²) in [5, 5.41) is 37.4. The molecule has 0 heterocycles. The molecule has 0 bridgehead atoms. The molecule has 31 heavy (non-hydrogen) atoms. The number of rotatable bonds is 6. The minimum atomic E-state index is -1.20. The maximum atomic E-state index is 11.1. The largest absolute Gasteiger partial charge is 0.507 e. The zero-order valence-electron chi connectivity index (χ0n) is 16.0. The van der Waals surface area contributed by atoms with Crippen LogP contribution in [-0.4, -0.2) is 32.4 Å². The molecular formula is C24H17BrO6. The molecule has 0 spiro atoms. The summed E-state index contributed by atoms with van der Waals surface area (Å²) < 4.78 is 0.806. The number of aromatic hydroxyl groups is 2. The van der Waals surface area contributed by atoms with E-state index in [1.807, 2.05) is 30.4 Å². The molecule has 0 amide bonds. The summed E-state index contributed by atoms with van der Waals surface area (Å²) >= 11 is 3.51. The van der Waals surface area contributed by atoms with Crippen LogP contribution in [0.1, 0.15) is 43.0 Å². The van der Waals surface area contributed by atoms with E-state index in [1.54, 1.807) is 24.3 Å². The van der Waals surface area contributed by atoms with E-state index in [0.717, 1.165) is 15.6 Å². The minimum absolute atomic E-state index is 0.163. The first-order chi connectivity index (χ1) is 14.7. The van der Waals surface area contributed by atoms with Crippen LogP contribution in [0, 0.1) is 0 Å². The van der Waals surface area contributed by atoms with Gasteiger partial charge in [-0.05, 0) is 52.6 Å². The molecule has 0 atom stereocenters. The Labute approximate surface area is 186 Å². The van der Waals surface area contributed by atoms with Crippen LogP contribution < -0.4 is 0 Å². The minimum Gasteiger partial charge on any atom is -0.507 e. The molecule has 0 aromatic heterocycles. The summed E-state index contributed by atoms with van der Waals surface area (Å²) in [5.41, 5.74) is 2.67. The zero-order valence-corrected chi connectivity index (χ0v) is 17.6. The van der Waals surface area contributed by atoms with Crippen molar-refractivity contribution < 1.29 is 30.0 Å².